The Morgan fingerprint density at radius 2 is 2.19 bits per heavy atom. The Morgan fingerprint density at radius 1 is 1.38 bits per heavy atom. The molecular formula is C12H10FNOS. The van der Waals surface area contributed by atoms with Crippen LogP contribution in [0.1, 0.15) is 16.3 Å². The molecule has 0 fully saturated rings. The highest BCUT2D eigenvalue weighted by atomic mass is 32.1. The molecule has 0 amide bonds. The maximum atomic E-state index is 13.4. The van der Waals surface area contributed by atoms with E-state index in [0.717, 1.165) is 17.0 Å². The van der Waals surface area contributed by atoms with Gasteiger partial charge < -0.3 is 4.79 Å². The van der Waals surface area contributed by atoms with Gasteiger partial charge >= 0.3 is 0 Å². The summed E-state index contributed by atoms with van der Waals surface area (Å²) in [7, 11) is 0. The van der Waals surface area contributed by atoms with Gasteiger partial charge in [0.15, 0.2) is 0 Å². The van der Waals surface area contributed by atoms with Crippen LogP contribution in [0.25, 0.3) is 0 Å². The van der Waals surface area contributed by atoms with Crippen LogP contribution in [0.3, 0.4) is 0 Å². The highest BCUT2D eigenvalue weighted by Crippen LogP contribution is 2.16. The van der Waals surface area contributed by atoms with Gasteiger partial charge in [0, 0.05) is 18.2 Å². The largest absolute Gasteiger partial charge is 0.303 e. The second kappa shape index (κ2) is 4.99. The Morgan fingerprint density at radius 3 is 2.94 bits per heavy atom. The number of benzene rings is 1. The standard InChI is InChI=1S/C12H10FNOS/c13-11-4-2-1-3-9(11)7-12-14-10(5-6-15)8-16-12/h1-4,6,8H,5,7H2. The molecule has 2 rings (SSSR count). The summed E-state index contributed by atoms with van der Waals surface area (Å²) in [5.41, 5.74) is 1.39. The monoisotopic (exact) mass is 235 g/mol. The molecule has 0 aliphatic heterocycles. The molecule has 0 atom stereocenters. The number of carbonyl (C=O) groups is 1. The molecule has 0 bridgehead atoms. The number of halogens is 1. The average molecular weight is 235 g/mol. The molecule has 82 valence electrons. The summed E-state index contributed by atoms with van der Waals surface area (Å²) in [6.07, 6.45) is 1.63. The number of thiazole rings is 1. The number of aldehydes is 1. The van der Waals surface area contributed by atoms with E-state index < -0.39 is 0 Å². The minimum Gasteiger partial charge on any atom is -0.303 e. The number of aromatic nitrogens is 1. The van der Waals surface area contributed by atoms with Crippen molar-refractivity contribution in [3.8, 4) is 0 Å². The number of hydrogen-bond donors (Lipinski definition) is 0. The van der Waals surface area contributed by atoms with Crippen LogP contribution in [-0.2, 0) is 17.6 Å². The van der Waals surface area contributed by atoms with Crippen LogP contribution < -0.4 is 0 Å². The fourth-order valence-corrected chi connectivity index (χ4v) is 2.24. The Balaban J connectivity index is 2.14. The van der Waals surface area contributed by atoms with Crippen molar-refractivity contribution in [3.05, 3.63) is 51.7 Å². The molecule has 0 unspecified atom stereocenters. The van der Waals surface area contributed by atoms with Gasteiger partial charge in [-0.3, -0.25) is 0 Å². The van der Waals surface area contributed by atoms with E-state index in [1.165, 1.54) is 17.4 Å². The van der Waals surface area contributed by atoms with Gasteiger partial charge in [-0.25, -0.2) is 9.37 Å². The molecule has 0 aliphatic rings. The van der Waals surface area contributed by atoms with Crippen LogP contribution in [0, 0.1) is 5.82 Å². The molecule has 1 aromatic heterocycles. The van der Waals surface area contributed by atoms with Crippen molar-refractivity contribution >= 4 is 17.6 Å². The summed E-state index contributed by atoms with van der Waals surface area (Å²) in [5.74, 6) is -0.213. The normalized spacial score (nSPS) is 10.3. The van der Waals surface area contributed by atoms with Crippen molar-refractivity contribution in [1.82, 2.24) is 4.98 Å². The van der Waals surface area contributed by atoms with Crippen molar-refractivity contribution in [2.75, 3.05) is 0 Å². The van der Waals surface area contributed by atoms with E-state index in [1.807, 2.05) is 5.38 Å². The molecule has 0 N–H and O–H groups in total. The topological polar surface area (TPSA) is 30.0 Å². The average Bonchev–Trinajstić information content (AvgIpc) is 2.70. The first-order valence-corrected chi connectivity index (χ1v) is 5.78. The lowest BCUT2D eigenvalue weighted by Crippen LogP contribution is -1.92. The van der Waals surface area contributed by atoms with Crippen LogP contribution in [0.5, 0.6) is 0 Å². The van der Waals surface area contributed by atoms with Crippen molar-refractivity contribution in [2.24, 2.45) is 0 Å². The predicted molar refractivity (Wildman–Crippen MR) is 61.1 cm³/mol. The van der Waals surface area contributed by atoms with Gasteiger partial charge in [0.2, 0.25) is 0 Å². The fraction of sp³-hybridized carbons (Fsp3) is 0.167. The summed E-state index contributed by atoms with van der Waals surface area (Å²) < 4.78 is 13.4. The van der Waals surface area contributed by atoms with Gasteiger partial charge in [-0.2, -0.15) is 0 Å². The van der Waals surface area contributed by atoms with E-state index in [1.54, 1.807) is 18.2 Å². The summed E-state index contributed by atoms with van der Waals surface area (Å²) >= 11 is 1.46. The number of carbonyl (C=O) groups excluding carboxylic acids is 1. The molecule has 0 saturated carbocycles. The van der Waals surface area contributed by atoms with Crippen LogP contribution in [0.4, 0.5) is 4.39 Å². The molecule has 4 heteroatoms. The highest BCUT2D eigenvalue weighted by molar-refractivity contribution is 7.09. The quantitative estimate of drug-likeness (QED) is 0.762. The Kier molecular flexibility index (Phi) is 3.41. The smallest absolute Gasteiger partial charge is 0.126 e. The van der Waals surface area contributed by atoms with Gasteiger partial charge in [-0.15, -0.1) is 11.3 Å². The molecule has 1 heterocycles. The Hall–Kier alpha value is -1.55. The molecule has 0 spiro atoms. The number of rotatable bonds is 4. The van der Waals surface area contributed by atoms with E-state index in [-0.39, 0.29) is 5.82 Å². The van der Waals surface area contributed by atoms with Gasteiger partial charge in [0.25, 0.3) is 0 Å². The third kappa shape index (κ3) is 2.52. The van der Waals surface area contributed by atoms with Crippen LogP contribution in [0.15, 0.2) is 29.6 Å². The lowest BCUT2D eigenvalue weighted by molar-refractivity contribution is -0.107. The summed E-state index contributed by atoms with van der Waals surface area (Å²) in [5, 5.41) is 2.67. The Bertz CT molecular complexity index is 495. The summed E-state index contributed by atoms with van der Waals surface area (Å²) in [6.45, 7) is 0. The van der Waals surface area contributed by atoms with Crippen LogP contribution >= 0.6 is 11.3 Å². The van der Waals surface area contributed by atoms with E-state index in [2.05, 4.69) is 4.98 Å². The predicted octanol–water partition coefficient (Wildman–Crippen LogP) is 2.61. The van der Waals surface area contributed by atoms with Crippen molar-refractivity contribution in [2.45, 2.75) is 12.8 Å². The molecule has 1 aromatic carbocycles. The molecule has 2 nitrogen and oxygen atoms in total. The third-order valence-corrected chi connectivity index (χ3v) is 3.09. The van der Waals surface area contributed by atoms with E-state index in [4.69, 9.17) is 0 Å². The number of nitrogens with zero attached hydrogens (tertiary/aromatic N) is 1. The van der Waals surface area contributed by atoms with Crippen molar-refractivity contribution in [3.63, 3.8) is 0 Å². The second-order valence-electron chi connectivity index (χ2n) is 3.37. The highest BCUT2D eigenvalue weighted by Gasteiger charge is 2.06. The van der Waals surface area contributed by atoms with E-state index in [0.29, 0.717) is 18.4 Å². The van der Waals surface area contributed by atoms with E-state index in [9.17, 15) is 9.18 Å². The molecule has 16 heavy (non-hydrogen) atoms. The second-order valence-corrected chi connectivity index (χ2v) is 4.31. The molecule has 0 radical (unpaired) electrons. The maximum Gasteiger partial charge on any atom is 0.126 e. The Labute approximate surface area is 96.8 Å². The van der Waals surface area contributed by atoms with Gasteiger partial charge in [0.1, 0.15) is 12.1 Å². The molecule has 0 aliphatic carbocycles. The van der Waals surface area contributed by atoms with Crippen molar-refractivity contribution < 1.29 is 9.18 Å². The molecule has 0 saturated heterocycles. The lowest BCUT2D eigenvalue weighted by atomic mass is 10.1. The van der Waals surface area contributed by atoms with Crippen LogP contribution in [-0.4, -0.2) is 11.3 Å². The maximum absolute atomic E-state index is 13.4. The first kappa shape index (κ1) is 11.0. The van der Waals surface area contributed by atoms with Gasteiger partial charge in [-0.1, -0.05) is 18.2 Å². The first-order valence-electron chi connectivity index (χ1n) is 4.90. The summed E-state index contributed by atoms with van der Waals surface area (Å²) in [6, 6.07) is 6.66. The third-order valence-electron chi connectivity index (χ3n) is 2.19. The molecular weight excluding hydrogens is 225 g/mol. The minimum atomic E-state index is -0.213. The summed E-state index contributed by atoms with van der Waals surface area (Å²) in [4.78, 5) is 14.6. The zero-order valence-corrected chi connectivity index (χ0v) is 9.34. The first-order chi connectivity index (χ1) is 7.79. The SMILES string of the molecule is O=CCc1csc(Cc2ccccc2F)n1. The molecule has 2 aromatic rings. The lowest BCUT2D eigenvalue weighted by Gasteiger charge is -1.98. The number of hydrogen-bond acceptors (Lipinski definition) is 3. The van der Waals surface area contributed by atoms with Crippen LogP contribution in [0.2, 0.25) is 0 Å². The fourth-order valence-electron chi connectivity index (χ4n) is 1.41. The van der Waals surface area contributed by atoms with Gasteiger partial charge in [0.05, 0.1) is 10.7 Å². The van der Waals surface area contributed by atoms with Crippen molar-refractivity contribution in [1.29, 1.82) is 0 Å². The zero-order valence-electron chi connectivity index (χ0n) is 8.52. The van der Waals surface area contributed by atoms with Gasteiger partial charge in [-0.05, 0) is 11.6 Å². The van der Waals surface area contributed by atoms with E-state index >= 15 is 0 Å². The zero-order chi connectivity index (χ0) is 11.4. The minimum absolute atomic E-state index is 0.213.